The number of hydrogen-bond donors (Lipinski definition) is 1. The molecule has 0 unspecified atom stereocenters. The van der Waals surface area contributed by atoms with Crippen molar-refractivity contribution >= 4 is 15.9 Å². The molecule has 3 atom stereocenters. The second-order valence-corrected chi connectivity index (χ2v) is 6.26. The van der Waals surface area contributed by atoms with Crippen molar-refractivity contribution in [3.8, 4) is 0 Å². The molecule has 1 aromatic carbocycles. The van der Waals surface area contributed by atoms with Crippen LogP contribution < -0.4 is 0 Å². The normalized spacial score (nSPS) is 30.1. The molecule has 0 spiro atoms. The van der Waals surface area contributed by atoms with Gasteiger partial charge in [-0.1, -0.05) is 66.0 Å². The Balaban J connectivity index is 1.99. The molecule has 1 aliphatic carbocycles. The molecular weight excluding hydrogens is 264 g/mol. The average Bonchev–Trinajstić information content (AvgIpc) is 2.99. The van der Waals surface area contributed by atoms with E-state index in [1.165, 1.54) is 19.3 Å². The third-order valence-electron chi connectivity index (χ3n) is 3.55. The van der Waals surface area contributed by atoms with Gasteiger partial charge in [-0.15, -0.1) is 0 Å². The Kier molecular flexibility index (Phi) is 3.70. The molecule has 0 amide bonds. The van der Waals surface area contributed by atoms with Crippen LogP contribution in [0.15, 0.2) is 30.3 Å². The molecule has 0 saturated heterocycles. The van der Waals surface area contributed by atoms with Gasteiger partial charge in [-0.05, 0) is 24.3 Å². The largest absolute Gasteiger partial charge is 0.387 e. The number of aliphatic hydroxyl groups is 1. The van der Waals surface area contributed by atoms with Gasteiger partial charge in [0, 0.05) is 0 Å². The third-order valence-corrected chi connectivity index (χ3v) is 4.96. The Hall–Kier alpha value is -0.340. The fraction of sp³-hybridized carbons (Fsp3) is 0.571. The van der Waals surface area contributed by atoms with Gasteiger partial charge in [0.05, 0.1) is 10.4 Å². The predicted octanol–water partition coefficient (Wildman–Crippen LogP) is 4.06. The number of rotatable bonds is 5. The summed E-state index contributed by atoms with van der Waals surface area (Å²) in [4.78, 5) is 0. The molecule has 1 aliphatic rings. The van der Waals surface area contributed by atoms with Gasteiger partial charge in [0.2, 0.25) is 0 Å². The minimum Gasteiger partial charge on any atom is -0.387 e. The third kappa shape index (κ3) is 2.33. The van der Waals surface area contributed by atoms with Gasteiger partial charge in [-0.2, -0.15) is 0 Å². The average molecular weight is 283 g/mol. The maximum Gasteiger partial charge on any atom is 0.0945 e. The van der Waals surface area contributed by atoms with Crippen molar-refractivity contribution < 1.29 is 5.11 Å². The molecule has 0 bridgehead atoms. The van der Waals surface area contributed by atoms with E-state index in [4.69, 9.17) is 0 Å². The van der Waals surface area contributed by atoms with E-state index in [0.29, 0.717) is 5.92 Å². The highest BCUT2D eigenvalue weighted by atomic mass is 79.9. The molecule has 2 rings (SSSR count). The Morgan fingerprint density at radius 3 is 2.75 bits per heavy atom. The molecule has 0 aromatic heterocycles. The summed E-state index contributed by atoms with van der Waals surface area (Å²) in [5.41, 5.74) is 1.03. The van der Waals surface area contributed by atoms with E-state index in [9.17, 15) is 5.11 Å². The summed E-state index contributed by atoms with van der Waals surface area (Å²) in [6.45, 7) is 2.21. The summed E-state index contributed by atoms with van der Waals surface area (Å²) in [5, 5.41) is 10.3. The molecule has 0 heterocycles. The van der Waals surface area contributed by atoms with Crippen molar-refractivity contribution in [2.24, 2.45) is 5.92 Å². The summed E-state index contributed by atoms with van der Waals surface area (Å²) >= 11 is 3.74. The lowest BCUT2D eigenvalue weighted by molar-refractivity contribution is 0.162. The van der Waals surface area contributed by atoms with E-state index in [1.807, 2.05) is 30.3 Å². The molecule has 88 valence electrons. The first-order valence-electron chi connectivity index (χ1n) is 6.10. The second kappa shape index (κ2) is 4.89. The van der Waals surface area contributed by atoms with Crippen molar-refractivity contribution in [1.82, 2.24) is 0 Å². The van der Waals surface area contributed by atoms with Gasteiger partial charge < -0.3 is 5.11 Å². The summed E-state index contributed by atoms with van der Waals surface area (Å²) in [5.74, 6) is 0.641. The molecule has 1 saturated carbocycles. The minimum absolute atomic E-state index is 0.0521. The zero-order valence-corrected chi connectivity index (χ0v) is 11.3. The quantitative estimate of drug-likeness (QED) is 0.808. The summed E-state index contributed by atoms with van der Waals surface area (Å²) in [6.07, 6.45) is 4.46. The minimum atomic E-state index is -0.365. The maximum absolute atomic E-state index is 10.3. The number of unbranched alkanes of at least 4 members (excludes halogenated alkanes) is 1. The lowest BCUT2D eigenvalue weighted by atomic mass is 10.0. The predicted molar refractivity (Wildman–Crippen MR) is 70.7 cm³/mol. The van der Waals surface area contributed by atoms with Crippen LogP contribution in [0.5, 0.6) is 0 Å². The van der Waals surface area contributed by atoms with E-state index in [2.05, 4.69) is 22.9 Å². The van der Waals surface area contributed by atoms with E-state index in [-0.39, 0.29) is 10.4 Å². The zero-order valence-electron chi connectivity index (χ0n) is 9.70. The number of alkyl halides is 1. The zero-order chi connectivity index (χ0) is 11.6. The van der Waals surface area contributed by atoms with Crippen LogP contribution >= 0.6 is 15.9 Å². The van der Waals surface area contributed by atoms with Crippen molar-refractivity contribution in [2.45, 2.75) is 43.0 Å². The van der Waals surface area contributed by atoms with Crippen LogP contribution in [0.2, 0.25) is 0 Å². The second-order valence-electron chi connectivity index (χ2n) is 4.78. The maximum atomic E-state index is 10.3. The molecule has 1 N–H and O–H groups in total. The highest BCUT2D eigenvalue weighted by Crippen LogP contribution is 2.60. The molecule has 16 heavy (non-hydrogen) atoms. The van der Waals surface area contributed by atoms with Crippen LogP contribution in [-0.4, -0.2) is 9.43 Å². The monoisotopic (exact) mass is 282 g/mol. The first-order valence-corrected chi connectivity index (χ1v) is 6.89. The van der Waals surface area contributed by atoms with Gasteiger partial charge in [0.1, 0.15) is 0 Å². The summed E-state index contributed by atoms with van der Waals surface area (Å²) in [7, 11) is 0. The summed E-state index contributed by atoms with van der Waals surface area (Å²) in [6, 6.07) is 9.96. The topological polar surface area (TPSA) is 20.2 Å². The van der Waals surface area contributed by atoms with Gasteiger partial charge in [0.15, 0.2) is 0 Å². The van der Waals surface area contributed by atoms with Gasteiger partial charge in [-0.25, -0.2) is 0 Å². The molecule has 2 heteroatoms. The van der Waals surface area contributed by atoms with Crippen LogP contribution in [0.25, 0.3) is 0 Å². The number of hydrogen-bond acceptors (Lipinski definition) is 1. The molecule has 1 aromatic rings. The van der Waals surface area contributed by atoms with Gasteiger partial charge >= 0.3 is 0 Å². The van der Waals surface area contributed by atoms with Crippen LogP contribution in [-0.2, 0) is 0 Å². The first-order chi connectivity index (χ1) is 7.68. The molecule has 1 fully saturated rings. The number of aliphatic hydroxyl groups excluding tert-OH is 1. The van der Waals surface area contributed by atoms with E-state index in [1.54, 1.807) is 0 Å². The van der Waals surface area contributed by atoms with E-state index in [0.717, 1.165) is 12.0 Å². The fourth-order valence-corrected chi connectivity index (χ4v) is 3.24. The van der Waals surface area contributed by atoms with Crippen molar-refractivity contribution in [3.05, 3.63) is 35.9 Å². The van der Waals surface area contributed by atoms with E-state index < -0.39 is 0 Å². The SMILES string of the molecule is CCCC[C@H]1C[C@]1(Br)[C@@H](O)c1ccccc1. The Morgan fingerprint density at radius 2 is 2.12 bits per heavy atom. The molecule has 1 nitrogen and oxygen atoms in total. The molecular formula is C14H19BrO. The number of benzene rings is 1. The van der Waals surface area contributed by atoms with E-state index >= 15 is 0 Å². The first kappa shape index (κ1) is 12.1. The van der Waals surface area contributed by atoms with Crippen molar-refractivity contribution in [1.29, 1.82) is 0 Å². The van der Waals surface area contributed by atoms with Crippen molar-refractivity contribution in [3.63, 3.8) is 0 Å². The Labute approximate surface area is 106 Å². The highest BCUT2D eigenvalue weighted by molar-refractivity contribution is 9.10. The Bertz CT molecular complexity index is 338. The Morgan fingerprint density at radius 1 is 1.44 bits per heavy atom. The lowest BCUT2D eigenvalue weighted by Crippen LogP contribution is -2.15. The standard InChI is InChI=1S/C14H19BrO/c1-2-3-9-12-10-14(12,15)13(16)11-7-5-4-6-8-11/h4-8,12-13,16H,2-3,9-10H2,1H3/t12-,13-,14+/m0/s1. The van der Waals surface area contributed by atoms with Crippen molar-refractivity contribution in [2.75, 3.05) is 0 Å². The molecule has 0 radical (unpaired) electrons. The van der Waals surface area contributed by atoms with Crippen LogP contribution in [0.3, 0.4) is 0 Å². The lowest BCUT2D eigenvalue weighted by Gasteiger charge is -2.18. The van der Waals surface area contributed by atoms with Crippen LogP contribution in [0.1, 0.15) is 44.3 Å². The fourth-order valence-electron chi connectivity index (χ4n) is 2.36. The van der Waals surface area contributed by atoms with Crippen LogP contribution in [0.4, 0.5) is 0 Å². The smallest absolute Gasteiger partial charge is 0.0945 e. The van der Waals surface area contributed by atoms with Gasteiger partial charge in [0.25, 0.3) is 0 Å². The summed E-state index contributed by atoms with van der Waals surface area (Å²) < 4.78 is -0.0521. The number of halogens is 1. The molecule has 0 aliphatic heterocycles. The van der Waals surface area contributed by atoms with Gasteiger partial charge in [-0.3, -0.25) is 0 Å². The highest BCUT2D eigenvalue weighted by Gasteiger charge is 2.56. The van der Waals surface area contributed by atoms with Crippen LogP contribution in [0, 0.1) is 5.92 Å².